The molecule has 1 saturated heterocycles. The van der Waals surface area contributed by atoms with Crippen LogP contribution in [0.5, 0.6) is 0 Å². The van der Waals surface area contributed by atoms with Crippen LogP contribution in [-0.4, -0.2) is 48.1 Å². The average Bonchev–Trinajstić information content (AvgIpc) is 2.20. The Kier molecular flexibility index (Phi) is 4.10. The van der Waals surface area contributed by atoms with Gasteiger partial charge in [-0.3, -0.25) is 0 Å². The molecule has 1 fully saturated rings. The van der Waals surface area contributed by atoms with Crippen molar-refractivity contribution in [2.75, 3.05) is 38.1 Å². The van der Waals surface area contributed by atoms with E-state index in [0.29, 0.717) is 0 Å². The first kappa shape index (κ1) is 11.2. The van der Waals surface area contributed by atoms with Crippen LogP contribution in [0.4, 0.5) is 5.95 Å². The molecule has 0 atom stereocenters. The number of rotatable bonds is 1. The molecule has 0 aromatic carbocycles. The monoisotopic (exact) mass is 214 g/mol. The zero-order valence-electron chi connectivity index (χ0n) is 8.26. The van der Waals surface area contributed by atoms with E-state index in [-0.39, 0.29) is 12.4 Å². The van der Waals surface area contributed by atoms with Gasteiger partial charge >= 0.3 is 0 Å². The molecule has 0 spiro atoms. The van der Waals surface area contributed by atoms with E-state index in [0.717, 1.165) is 32.1 Å². The van der Waals surface area contributed by atoms with Gasteiger partial charge in [0.2, 0.25) is 5.95 Å². The van der Waals surface area contributed by atoms with Crippen LogP contribution in [-0.2, 0) is 0 Å². The van der Waals surface area contributed by atoms with Crippen LogP contribution in [0.15, 0.2) is 18.5 Å². The Hall–Kier alpha value is -0.870. The van der Waals surface area contributed by atoms with Crippen LogP contribution in [0.2, 0.25) is 0 Å². The molecule has 2 heterocycles. The summed E-state index contributed by atoms with van der Waals surface area (Å²) in [5.74, 6) is 0.857. The Morgan fingerprint density at radius 2 is 1.64 bits per heavy atom. The Bertz CT molecular complexity index is 259. The van der Waals surface area contributed by atoms with E-state index >= 15 is 0 Å². The summed E-state index contributed by atoms with van der Waals surface area (Å²) >= 11 is 0. The van der Waals surface area contributed by atoms with Crippen molar-refractivity contribution in [2.45, 2.75) is 0 Å². The number of likely N-dealkylation sites (N-methyl/N-ethyl adjacent to an activating group) is 1. The van der Waals surface area contributed by atoms with E-state index < -0.39 is 0 Å². The standard InChI is InChI=1S/C9H14N4.ClH/c1-12-5-7-13(8-6-12)9-10-3-2-4-11-9;/h2-4H,5-8H2,1H3;1H. The van der Waals surface area contributed by atoms with Crippen LogP contribution in [0, 0.1) is 0 Å². The Labute approximate surface area is 90.4 Å². The number of anilines is 1. The van der Waals surface area contributed by atoms with E-state index in [4.69, 9.17) is 0 Å². The molecular formula is C9H15ClN4. The van der Waals surface area contributed by atoms with E-state index in [9.17, 15) is 0 Å². The highest BCUT2D eigenvalue weighted by Crippen LogP contribution is 2.07. The van der Waals surface area contributed by atoms with Gasteiger partial charge in [-0.15, -0.1) is 12.4 Å². The third kappa shape index (κ3) is 2.56. The summed E-state index contributed by atoms with van der Waals surface area (Å²) < 4.78 is 0. The van der Waals surface area contributed by atoms with Crippen molar-refractivity contribution in [1.82, 2.24) is 14.9 Å². The molecule has 78 valence electrons. The van der Waals surface area contributed by atoms with Crippen molar-refractivity contribution < 1.29 is 0 Å². The lowest BCUT2D eigenvalue weighted by molar-refractivity contribution is 0.311. The largest absolute Gasteiger partial charge is 0.338 e. The number of nitrogens with zero attached hydrogens (tertiary/aromatic N) is 4. The van der Waals surface area contributed by atoms with Crippen LogP contribution < -0.4 is 4.90 Å². The third-order valence-electron chi connectivity index (χ3n) is 2.34. The molecule has 5 heteroatoms. The minimum Gasteiger partial charge on any atom is -0.338 e. The minimum atomic E-state index is 0. The molecule has 0 radical (unpaired) electrons. The second kappa shape index (κ2) is 5.12. The van der Waals surface area contributed by atoms with Crippen molar-refractivity contribution in [2.24, 2.45) is 0 Å². The van der Waals surface area contributed by atoms with Gasteiger partial charge < -0.3 is 9.80 Å². The fraction of sp³-hybridized carbons (Fsp3) is 0.556. The van der Waals surface area contributed by atoms with Gasteiger partial charge in [0.15, 0.2) is 0 Å². The number of hydrogen-bond acceptors (Lipinski definition) is 4. The Balaban J connectivity index is 0.000000980. The molecular weight excluding hydrogens is 200 g/mol. The molecule has 0 amide bonds. The number of piperazine rings is 1. The van der Waals surface area contributed by atoms with Gasteiger partial charge in [-0.1, -0.05) is 0 Å². The number of hydrogen-bond donors (Lipinski definition) is 0. The molecule has 1 aliphatic rings. The fourth-order valence-corrected chi connectivity index (χ4v) is 1.46. The van der Waals surface area contributed by atoms with Crippen LogP contribution >= 0.6 is 12.4 Å². The maximum Gasteiger partial charge on any atom is 0.225 e. The molecule has 0 bridgehead atoms. The van der Waals surface area contributed by atoms with Gasteiger partial charge in [0.05, 0.1) is 0 Å². The van der Waals surface area contributed by atoms with Crippen molar-refractivity contribution in [3.8, 4) is 0 Å². The summed E-state index contributed by atoms with van der Waals surface area (Å²) in [6, 6.07) is 1.85. The zero-order chi connectivity index (χ0) is 9.10. The zero-order valence-corrected chi connectivity index (χ0v) is 9.07. The van der Waals surface area contributed by atoms with Crippen molar-refractivity contribution >= 4 is 18.4 Å². The summed E-state index contributed by atoms with van der Waals surface area (Å²) in [6.45, 7) is 4.25. The van der Waals surface area contributed by atoms with Crippen LogP contribution in [0.25, 0.3) is 0 Å². The minimum absolute atomic E-state index is 0. The normalized spacial score (nSPS) is 17.6. The lowest BCUT2D eigenvalue weighted by atomic mass is 10.3. The summed E-state index contributed by atoms with van der Waals surface area (Å²) in [5, 5.41) is 0. The topological polar surface area (TPSA) is 32.3 Å². The molecule has 4 nitrogen and oxygen atoms in total. The summed E-state index contributed by atoms with van der Waals surface area (Å²) in [4.78, 5) is 13.0. The highest BCUT2D eigenvalue weighted by atomic mass is 35.5. The highest BCUT2D eigenvalue weighted by Gasteiger charge is 2.15. The molecule has 0 unspecified atom stereocenters. The smallest absolute Gasteiger partial charge is 0.225 e. The molecule has 1 aromatic heterocycles. The lowest BCUT2D eigenvalue weighted by Crippen LogP contribution is -2.45. The molecule has 14 heavy (non-hydrogen) atoms. The predicted molar refractivity (Wildman–Crippen MR) is 59.0 cm³/mol. The number of aromatic nitrogens is 2. The fourth-order valence-electron chi connectivity index (χ4n) is 1.46. The first-order valence-corrected chi connectivity index (χ1v) is 4.57. The predicted octanol–water partition coefficient (Wildman–Crippen LogP) is 0.650. The summed E-state index contributed by atoms with van der Waals surface area (Å²) in [5.41, 5.74) is 0. The van der Waals surface area contributed by atoms with Crippen LogP contribution in [0.3, 0.4) is 0 Å². The average molecular weight is 215 g/mol. The molecule has 0 saturated carbocycles. The Morgan fingerprint density at radius 1 is 1.07 bits per heavy atom. The van der Waals surface area contributed by atoms with Gasteiger partial charge in [0.1, 0.15) is 0 Å². The molecule has 0 N–H and O–H groups in total. The van der Waals surface area contributed by atoms with Crippen molar-refractivity contribution in [3.05, 3.63) is 18.5 Å². The highest BCUT2D eigenvalue weighted by molar-refractivity contribution is 5.85. The van der Waals surface area contributed by atoms with Crippen LogP contribution in [0.1, 0.15) is 0 Å². The summed E-state index contributed by atoms with van der Waals surface area (Å²) in [6.07, 6.45) is 3.58. The van der Waals surface area contributed by atoms with E-state index in [1.165, 1.54) is 0 Å². The first-order valence-electron chi connectivity index (χ1n) is 4.57. The number of halogens is 1. The van der Waals surface area contributed by atoms with Gasteiger partial charge in [-0.25, -0.2) is 9.97 Å². The third-order valence-corrected chi connectivity index (χ3v) is 2.34. The molecule has 2 rings (SSSR count). The lowest BCUT2D eigenvalue weighted by Gasteiger charge is -2.32. The van der Waals surface area contributed by atoms with Crippen molar-refractivity contribution in [1.29, 1.82) is 0 Å². The van der Waals surface area contributed by atoms with Gasteiger partial charge in [-0.05, 0) is 13.1 Å². The molecule has 1 aliphatic heterocycles. The SMILES string of the molecule is CN1CCN(c2ncccn2)CC1.Cl. The molecule has 0 aliphatic carbocycles. The van der Waals surface area contributed by atoms with Gasteiger partial charge in [-0.2, -0.15) is 0 Å². The molecule has 1 aromatic rings. The second-order valence-corrected chi connectivity index (χ2v) is 3.34. The van der Waals surface area contributed by atoms with Gasteiger partial charge in [0.25, 0.3) is 0 Å². The quantitative estimate of drug-likeness (QED) is 0.687. The van der Waals surface area contributed by atoms with E-state index in [1.807, 2.05) is 6.07 Å². The van der Waals surface area contributed by atoms with E-state index in [2.05, 4.69) is 26.8 Å². The van der Waals surface area contributed by atoms with E-state index in [1.54, 1.807) is 12.4 Å². The summed E-state index contributed by atoms with van der Waals surface area (Å²) in [7, 11) is 2.14. The maximum atomic E-state index is 4.22. The second-order valence-electron chi connectivity index (χ2n) is 3.34. The first-order chi connectivity index (χ1) is 6.36. The van der Waals surface area contributed by atoms with Gasteiger partial charge in [0, 0.05) is 38.6 Å². The Morgan fingerprint density at radius 3 is 2.21 bits per heavy atom. The van der Waals surface area contributed by atoms with Crippen molar-refractivity contribution in [3.63, 3.8) is 0 Å². The maximum absolute atomic E-state index is 4.22.